The Morgan fingerprint density at radius 3 is 1.08 bits per heavy atom. The Morgan fingerprint density at radius 2 is 0.746 bits per heavy atom. The molecule has 0 bridgehead atoms. The molecule has 0 amide bonds. The van der Waals surface area contributed by atoms with Crippen LogP contribution in [-0.2, 0) is 26.2 Å². The van der Waals surface area contributed by atoms with E-state index >= 15 is 0 Å². The topological polar surface area (TPSA) is 451 Å². The number of unbranched alkanes of at least 4 members (excludes halogenated alkanes) is 9. The van der Waals surface area contributed by atoms with E-state index in [2.05, 4.69) is 97.2 Å². The van der Waals surface area contributed by atoms with Gasteiger partial charge in [0, 0.05) is 89.0 Å². The lowest BCUT2D eigenvalue weighted by molar-refractivity contribution is -0.937. The first-order valence-electron chi connectivity index (χ1n) is 22.8. The van der Waals surface area contributed by atoms with Crippen LogP contribution in [-0.4, -0.2) is 94.5 Å². The minimum Gasteiger partial charge on any atom is -1.00 e. The summed E-state index contributed by atoms with van der Waals surface area (Å²) in [5.41, 5.74) is 78.7. The number of benzene rings is 2. The largest absolute Gasteiger partial charge is 1.00 e. The second kappa shape index (κ2) is 48.9. The highest BCUT2D eigenvalue weighted by Crippen LogP contribution is 2.20. The van der Waals surface area contributed by atoms with Gasteiger partial charge < -0.3 is 31.1 Å². The Balaban J connectivity index is 0. The molecule has 2 rings (SSSR count). The first-order chi connectivity index (χ1) is 34.3. The van der Waals surface area contributed by atoms with Crippen molar-refractivity contribution in [3.05, 3.63) is 159 Å². The summed E-state index contributed by atoms with van der Waals surface area (Å²) in [6, 6.07) is 13.4. The highest BCUT2D eigenvalue weighted by Gasteiger charge is 2.26. The fourth-order valence-electron chi connectivity index (χ4n) is 6.82. The maximum absolute atomic E-state index is 8.69. The highest BCUT2D eigenvalue weighted by atomic mass is 79.9. The van der Waals surface area contributed by atoms with Crippen LogP contribution in [0.25, 0.3) is 94.0 Å². The number of halogens is 1. The lowest BCUT2D eigenvalue weighted by Gasteiger charge is -2.38. The lowest BCUT2D eigenvalue weighted by atomic mass is 10.1. The second-order valence-corrected chi connectivity index (χ2v) is 15.2. The number of ether oxygens (including phenoxy) is 1. The van der Waals surface area contributed by atoms with Gasteiger partial charge in [0.1, 0.15) is 12.3 Å². The van der Waals surface area contributed by atoms with Crippen LogP contribution in [0.15, 0.2) is 88.5 Å². The van der Waals surface area contributed by atoms with Crippen molar-refractivity contribution in [3.8, 4) is 5.75 Å². The standard InChI is InChI=1S/C25H43N10O.C9H9N9.C6H12N10.BrH/c1-2-3-4-5-6-7-8-9-10-11-22-36-25-14-12-24(13-15-25)23-35(19-16-29-32-26,20-17-30-33-27)21-18-31-34-28;10-16-13-4-7-1-8(5-14-17-11)3-9(2-7)6-15-18-12;7-13-10-1-4-16(5-2-11-14-8)6-3-12-15-9;/h12-15H,2-11,16-23H2,1H3;1-3H,4-6H2;1-6H2;1H/q+1;;;/p-1. The number of hydrogen-bond acceptors (Lipinski definition) is 11. The van der Waals surface area contributed by atoms with E-state index in [0.717, 1.165) is 41.0 Å². The smallest absolute Gasteiger partial charge is 0.119 e. The summed E-state index contributed by atoms with van der Waals surface area (Å²) in [5.74, 6) is 0.852. The fourth-order valence-corrected chi connectivity index (χ4v) is 6.82. The maximum atomic E-state index is 8.69. The lowest BCUT2D eigenvalue weighted by Crippen LogP contribution is -3.00. The van der Waals surface area contributed by atoms with Crippen molar-refractivity contribution in [3.63, 3.8) is 0 Å². The van der Waals surface area contributed by atoms with Crippen LogP contribution in [0, 0.1) is 0 Å². The maximum Gasteiger partial charge on any atom is 0.119 e. The number of azide groups is 9. The molecular weight excluding hydrogens is 983 g/mol. The van der Waals surface area contributed by atoms with Gasteiger partial charge in [0.05, 0.1) is 65.5 Å². The van der Waals surface area contributed by atoms with E-state index in [-0.39, 0.29) is 36.6 Å². The third kappa shape index (κ3) is 38.0. The predicted molar refractivity (Wildman–Crippen MR) is 268 cm³/mol. The molecule has 2 aromatic rings. The summed E-state index contributed by atoms with van der Waals surface area (Å²) >= 11 is 0. The van der Waals surface area contributed by atoms with E-state index in [9.17, 15) is 0 Å². The van der Waals surface area contributed by atoms with Gasteiger partial charge in [-0.1, -0.05) is 129 Å². The van der Waals surface area contributed by atoms with E-state index in [1.54, 1.807) is 18.2 Å². The van der Waals surface area contributed by atoms with Crippen molar-refractivity contribution in [1.82, 2.24) is 4.90 Å². The minimum absolute atomic E-state index is 0. The molecule has 30 nitrogen and oxygen atoms in total. The molecule has 71 heavy (non-hydrogen) atoms. The van der Waals surface area contributed by atoms with E-state index in [1.165, 1.54) is 57.8 Å². The number of hydrogen-bond donors (Lipinski definition) is 0. The average molecular weight is 1050 g/mol. The third-order valence-corrected chi connectivity index (χ3v) is 10.2. The van der Waals surface area contributed by atoms with Gasteiger partial charge in [-0.15, -0.1) is 0 Å². The van der Waals surface area contributed by atoms with Crippen molar-refractivity contribution in [2.45, 2.75) is 97.3 Å². The summed E-state index contributed by atoms with van der Waals surface area (Å²) in [6.45, 7) is 9.46. The molecule has 0 radical (unpaired) electrons. The van der Waals surface area contributed by atoms with Gasteiger partial charge >= 0.3 is 0 Å². The quantitative estimate of drug-likeness (QED) is 0.0208. The van der Waals surface area contributed by atoms with Crippen LogP contribution in [0.2, 0.25) is 0 Å². The monoisotopic (exact) mass is 1050 g/mol. The van der Waals surface area contributed by atoms with Crippen molar-refractivity contribution in [2.24, 2.45) is 46.0 Å². The van der Waals surface area contributed by atoms with Gasteiger partial charge in [-0.05, 0) is 97.2 Å². The van der Waals surface area contributed by atoms with Gasteiger partial charge in [-0.25, -0.2) is 0 Å². The molecule has 0 fully saturated rings. The molecule has 0 unspecified atom stereocenters. The summed E-state index contributed by atoms with van der Waals surface area (Å²) in [6.07, 6.45) is 13.0. The molecule has 0 saturated heterocycles. The van der Waals surface area contributed by atoms with E-state index < -0.39 is 0 Å². The Labute approximate surface area is 422 Å². The molecule has 0 aliphatic carbocycles. The van der Waals surface area contributed by atoms with Crippen LogP contribution >= 0.6 is 0 Å². The van der Waals surface area contributed by atoms with Crippen LogP contribution in [0.1, 0.15) is 93.4 Å². The summed E-state index contributed by atoms with van der Waals surface area (Å²) in [7, 11) is 0. The zero-order valence-electron chi connectivity index (χ0n) is 40.4. The molecule has 0 saturated carbocycles. The Kier molecular flexibility index (Phi) is 45.1. The molecule has 0 heterocycles. The summed E-state index contributed by atoms with van der Waals surface area (Å²) < 4.78 is 6.43. The molecule has 0 aliphatic heterocycles. The van der Waals surface area contributed by atoms with Crippen LogP contribution < -0.4 is 21.7 Å². The normalized spacial score (nSPS) is 10.3. The zero-order chi connectivity index (χ0) is 51.4. The van der Waals surface area contributed by atoms with Crippen molar-refractivity contribution in [1.29, 1.82) is 0 Å². The molecule has 31 heteroatoms. The Morgan fingerprint density at radius 1 is 0.423 bits per heavy atom. The Bertz CT molecular complexity index is 2000. The molecule has 0 N–H and O–H groups in total. The molecule has 0 atom stereocenters. The van der Waals surface area contributed by atoms with Gasteiger partial charge in [0.25, 0.3) is 0 Å². The highest BCUT2D eigenvalue weighted by molar-refractivity contribution is 5.30. The van der Waals surface area contributed by atoms with Crippen LogP contribution in [0.3, 0.4) is 0 Å². The third-order valence-electron chi connectivity index (χ3n) is 10.2. The molecule has 0 aromatic heterocycles. The summed E-state index contributed by atoms with van der Waals surface area (Å²) in [5, 5.41) is 31.6. The Hall–Kier alpha value is -7.57. The minimum atomic E-state index is 0. The van der Waals surface area contributed by atoms with Crippen LogP contribution in [0.4, 0.5) is 0 Å². The molecular formula is C40H64BrN29O. The van der Waals surface area contributed by atoms with Gasteiger partial charge in [0.2, 0.25) is 0 Å². The predicted octanol–water partition coefficient (Wildman–Crippen LogP) is 11.6. The second-order valence-electron chi connectivity index (χ2n) is 15.2. The van der Waals surface area contributed by atoms with E-state index in [1.807, 2.05) is 29.2 Å². The van der Waals surface area contributed by atoms with Gasteiger partial charge in [-0.2, -0.15) is 0 Å². The SMILES string of the molecule is CCCCCCCCCCCCOc1ccc(C[N+](CCN=[N+]=[N-])(CCN=[N+]=[N-])CCN=[N+]=[N-])cc1.[Br-].[N-]=[N+]=NCCN(CCN=[N+]=[N-])CCN=[N+]=[N-].[N-]=[N+]=NCc1cc(CN=[N+]=[N-])cc(CN=[N+]=[N-])c1. The number of quaternary nitrogens is 1. The fraction of sp³-hybridized carbons (Fsp3) is 0.700. The van der Waals surface area contributed by atoms with E-state index in [4.69, 9.17) is 54.5 Å². The summed E-state index contributed by atoms with van der Waals surface area (Å²) in [4.78, 5) is 26.4. The molecule has 0 spiro atoms. The van der Waals surface area contributed by atoms with Crippen LogP contribution in [0.5, 0.6) is 5.75 Å². The van der Waals surface area contributed by atoms with Crippen molar-refractivity contribution < 1.29 is 26.2 Å². The van der Waals surface area contributed by atoms with Crippen molar-refractivity contribution >= 4 is 0 Å². The number of nitrogens with zero attached hydrogens (tertiary/aromatic N) is 29. The molecule has 2 aromatic carbocycles. The van der Waals surface area contributed by atoms with E-state index in [0.29, 0.717) is 89.6 Å². The first kappa shape index (κ1) is 65.5. The molecule has 382 valence electrons. The molecule has 0 aliphatic rings. The zero-order valence-corrected chi connectivity index (χ0v) is 42.0. The van der Waals surface area contributed by atoms with Gasteiger partial charge in [0.15, 0.2) is 0 Å². The average Bonchev–Trinajstić information content (AvgIpc) is 3.37. The first-order valence-corrected chi connectivity index (χ1v) is 22.8. The van der Waals surface area contributed by atoms with Gasteiger partial charge in [-0.3, -0.25) is 0 Å². The number of rotatable bonds is 38. The van der Waals surface area contributed by atoms with Crippen molar-refractivity contribution in [2.75, 3.05) is 85.1 Å².